The molecular formula is C24H20Cl3NO3. The first-order valence-electron chi connectivity index (χ1n) is 9.78. The molecule has 1 heterocycles. The predicted molar refractivity (Wildman–Crippen MR) is 123 cm³/mol. The molecule has 3 aromatic rings. The fourth-order valence-corrected chi connectivity index (χ4v) is 3.94. The molecule has 1 unspecified atom stereocenters. The molecule has 4 rings (SSSR count). The van der Waals surface area contributed by atoms with Crippen molar-refractivity contribution in [1.29, 1.82) is 0 Å². The average molecular weight is 477 g/mol. The Bertz CT molecular complexity index is 1090. The van der Waals surface area contributed by atoms with Crippen LogP contribution in [0.2, 0.25) is 15.1 Å². The molecule has 0 bridgehead atoms. The van der Waals surface area contributed by atoms with Gasteiger partial charge in [0, 0.05) is 15.6 Å². The lowest BCUT2D eigenvalue weighted by Gasteiger charge is -2.24. The van der Waals surface area contributed by atoms with Crippen LogP contribution < -0.4 is 4.74 Å². The second-order valence-corrected chi connectivity index (χ2v) is 8.57. The minimum absolute atomic E-state index is 0.197. The largest absolute Gasteiger partial charge is 0.491 e. The van der Waals surface area contributed by atoms with Gasteiger partial charge in [-0.25, -0.2) is 0 Å². The molecule has 1 fully saturated rings. The van der Waals surface area contributed by atoms with Crippen molar-refractivity contribution in [1.82, 2.24) is 4.90 Å². The van der Waals surface area contributed by atoms with E-state index < -0.39 is 6.23 Å². The van der Waals surface area contributed by atoms with Gasteiger partial charge >= 0.3 is 0 Å². The number of carbonyl (C=O) groups is 1. The molecule has 1 saturated heterocycles. The predicted octanol–water partition coefficient (Wildman–Crippen LogP) is 6.57. The number of hydrogen-bond acceptors (Lipinski definition) is 3. The highest BCUT2D eigenvalue weighted by molar-refractivity contribution is 6.33. The van der Waals surface area contributed by atoms with E-state index in [4.69, 9.17) is 44.3 Å². The molecular weight excluding hydrogens is 457 g/mol. The van der Waals surface area contributed by atoms with Crippen molar-refractivity contribution < 1.29 is 14.3 Å². The van der Waals surface area contributed by atoms with Crippen molar-refractivity contribution in [3.05, 3.63) is 98.5 Å². The van der Waals surface area contributed by atoms with E-state index >= 15 is 0 Å². The third-order valence-electron chi connectivity index (χ3n) is 5.09. The van der Waals surface area contributed by atoms with Gasteiger partial charge in [0.1, 0.15) is 18.5 Å². The fourth-order valence-electron chi connectivity index (χ4n) is 3.48. The van der Waals surface area contributed by atoms with Crippen molar-refractivity contribution >= 4 is 40.7 Å². The van der Waals surface area contributed by atoms with E-state index in [1.807, 2.05) is 25.1 Å². The van der Waals surface area contributed by atoms with Crippen LogP contribution in [0.5, 0.6) is 5.75 Å². The zero-order valence-electron chi connectivity index (χ0n) is 16.7. The number of halogens is 3. The SMILES string of the molecule is Cc1cc(C2O[C@H](COc3ccc(Cl)cc3)CN2C(=O)c2ccccc2Cl)ccc1Cl. The Balaban J connectivity index is 1.58. The summed E-state index contributed by atoms with van der Waals surface area (Å²) in [5.74, 6) is 0.486. The van der Waals surface area contributed by atoms with Crippen LogP contribution in [0.1, 0.15) is 27.7 Å². The van der Waals surface area contributed by atoms with Crippen molar-refractivity contribution in [2.75, 3.05) is 13.2 Å². The van der Waals surface area contributed by atoms with Gasteiger partial charge in [-0.1, -0.05) is 59.1 Å². The van der Waals surface area contributed by atoms with Gasteiger partial charge in [0.15, 0.2) is 6.23 Å². The van der Waals surface area contributed by atoms with E-state index in [2.05, 4.69) is 0 Å². The number of hydrogen-bond donors (Lipinski definition) is 0. The topological polar surface area (TPSA) is 38.8 Å². The summed E-state index contributed by atoms with van der Waals surface area (Å²) in [5.41, 5.74) is 2.19. The molecule has 0 spiro atoms. The van der Waals surface area contributed by atoms with E-state index in [0.717, 1.165) is 11.1 Å². The molecule has 3 aromatic carbocycles. The molecule has 4 nitrogen and oxygen atoms in total. The van der Waals surface area contributed by atoms with Crippen molar-refractivity contribution in [2.45, 2.75) is 19.3 Å². The molecule has 31 heavy (non-hydrogen) atoms. The number of nitrogens with zero attached hydrogens (tertiary/aromatic N) is 1. The second-order valence-electron chi connectivity index (χ2n) is 7.32. The van der Waals surface area contributed by atoms with Gasteiger partial charge in [-0.3, -0.25) is 4.79 Å². The van der Waals surface area contributed by atoms with Crippen LogP contribution in [0.4, 0.5) is 0 Å². The fraction of sp³-hybridized carbons (Fsp3) is 0.208. The normalized spacial score (nSPS) is 18.3. The number of benzene rings is 3. The highest BCUT2D eigenvalue weighted by Gasteiger charge is 2.38. The second kappa shape index (κ2) is 9.49. The number of carbonyl (C=O) groups excluding carboxylic acids is 1. The first-order valence-corrected chi connectivity index (χ1v) is 10.9. The smallest absolute Gasteiger partial charge is 0.257 e. The van der Waals surface area contributed by atoms with Crippen LogP contribution in [0, 0.1) is 6.92 Å². The Hall–Kier alpha value is -2.24. The maximum Gasteiger partial charge on any atom is 0.257 e. The van der Waals surface area contributed by atoms with Gasteiger partial charge in [-0.2, -0.15) is 0 Å². The number of rotatable bonds is 5. The van der Waals surface area contributed by atoms with Crippen molar-refractivity contribution in [2.24, 2.45) is 0 Å². The highest BCUT2D eigenvalue weighted by atomic mass is 35.5. The van der Waals surface area contributed by atoms with Gasteiger partial charge in [-0.05, 0) is 55.0 Å². The van der Waals surface area contributed by atoms with Crippen LogP contribution in [0.15, 0.2) is 66.7 Å². The monoisotopic (exact) mass is 475 g/mol. The first-order chi connectivity index (χ1) is 14.9. The van der Waals surface area contributed by atoms with Crippen LogP contribution in [0.3, 0.4) is 0 Å². The summed E-state index contributed by atoms with van der Waals surface area (Å²) in [6, 6.07) is 19.7. The van der Waals surface area contributed by atoms with Crippen LogP contribution >= 0.6 is 34.8 Å². The van der Waals surface area contributed by atoms with Crippen LogP contribution in [-0.2, 0) is 4.74 Å². The van der Waals surface area contributed by atoms with Gasteiger partial charge in [0.05, 0.1) is 17.1 Å². The molecule has 1 aliphatic rings. The Kier molecular flexibility index (Phi) is 6.73. The standard InChI is InChI=1S/C24H20Cl3NO3/c1-15-12-16(6-11-21(15)26)24-28(23(29)20-4-2-3-5-22(20)27)13-19(31-24)14-30-18-9-7-17(25)8-10-18/h2-12,19,24H,13-14H2,1H3/t19-,24?/m0/s1. The number of aryl methyl sites for hydroxylation is 1. The lowest BCUT2D eigenvalue weighted by Crippen LogP contribution is -2.33. The van der Waals surface area contributed by atoms with E-state index in [9.17, 15) is 4.79 Å². The van der Waals surface area contributed by atoms with Crippen LogP contribution in [0.25, 0.3) is 0 Å². The Morgan fingerprint density at radius 3 is 2.48 bits per heavy atom. The summed E-state index contributed by atoms with van der Waals surface area (Å²) < 4.78 is 12.1. The number of amides is 1. The minimum atomic E-state index is -0.571. The molecule has 0 radical (unpaired) electrons. The summed E-state index contributed by atoms with van der Waals surface area (Å²) in [5, 5.41) is 1.70. The third kappa shape index (κ3) is 4.99. The highest BCUT2D eigenvalue weighted by Crippen LogP contribution is 2.34. The summed E-state index contributed by atoms with van der Waals surface area (Å²) in [7, 11) is 0. The third-order valence-corrected chi connectivity index (χ3v) is 6.09. The zero-order chi connectivity index (χ0) is 22.0. The quantitative estimate of drug-likeness (QED) is 0.418. The molecule has 0 aromatic heterocycles. The zero-order valence-corrected chi connectivity index (χ0v) is 19.0. The molecule has 0 aliphatic carbocycles. The van der Waals surface area contributed by atoms with Gasteiger partial charge in [-0.15, -0.1) is 0 Å². The summed E-state index contributed by atoms with van der Waals surface area (Å²) in [4.78, 5) is 15.0. The van der Waals surface area contributed by atoms with E-state index in [1.165, 1.54) is 0 Å². The summed E-state index contributed by atoms with van der Waals surface area (Å²) >= 11 is 18.4. The van der Waals surface area contributed by atoms with Crippen LogP contribution in [-0.4, -0.2) is 30.1 Å². The molecule has 0 saturated carbocycles. The molecule has 1 aliphatic heterocycles. The van der Waals surface area contributed by atoms with E-state index in [-0.39, 0.29) is 18.6 Å². The molecule has 160 valence electrons. The molecule has 1 amide bonds. The summed E-state index contributed by atoms with van der Waals surface area (Å²) in [6.45, 7) is 2.57. The van der Waals surface area contributed by atoms with Crippen molar-refractivity contribution in [3.8, 4) is 5.75 Å². The summed E-state index contributed by atoms with van der Waals surface area (Å²) in [6.07, 6.45) is -0.887. The van der Waals surface area contributed by atoms with Gasteiger partial charge < -0.3 is 14.4 Å². The maximum absolute atomic E-state index is 13.3. The minimum Gasteiger partial charge on any atom is -0.491 e. The molecule has 0 N–H and O–H groups in total. The lowest BCUT2D eigenvalue weighted by molar-refractivity contribution is -0.0119. The maximum atomic E-state index is 13.3. The Morgan fingerprint density at radius 1 is 1.03 bits per heavy atom. The average Bonchev–Trinajstić information content (AvgIpc) is 3.19. The first kappa shape index (κ1) is 22.0. The molecule has 7 heteroatoms. The van der Waals surface area contributed by atoms with Crippen molar-refractivity contribution in [3.63, 3.8) is 0 Å². The lowest BCUT2D eigenvalue weighted by atomic mass is 10.1. The van der Waals surface area contributed by atoms with Gasteiger partial charge in [0.25, 0.3) is 5.91 Å². The number of ether oxygens (including phenoxy) is 2. The van der Waals surface area contributed by atoms with E-state index in [0.29, 0.717) is 32.9 Å². The Morgan fingerprint density at radius 2 is 1.77 bits per heavy atom. The van der Waals surface area contributed by atoms with E-state index in [1.54, 1.807) is 53.4 Å². The Labute approximate surface area is 196 Å². The van der Waals surface area contributed by atoms with Gasteiger partial charge in [0.2, 0.25) is 0 Å². The molecule has 2 atom stereocenters.